The Hall–Kier alpha value is -1.37. The van der Waals surface area contributed by atoms with Crippen molar-refractivity contribution in [3.8, 4) is 5.75 Å². The number of hydrogen-bond acceptors (Lipinski definition) is 5. The summed E-state index contributed by atoms with van der Waals surface area (Å²) in [6.07, 6.45) is 0. The van der Waals surface area contributed by atoms with Gasteiger partial charge in [0.15, 0.2) is 5.76 Å². The highest BCUT2D eigenvalue weighted by Gasteiger charge is 2.12. The number of rotatable bonds is 7. The minimum atomic E-state index is 0.203. The highest BCUT2D eigenvalue weighted by Crippen LogP contribution is 2.29. The summed E-state index contributed by atoms with van der Waals surface area (Å²) in [4.78, 5) is 0. The van der Waals surface area contributed by atoms with Crippen LogP contribution in [0.25, 0.3) is 0 Å². The van der Waals surface area contributed by atoms with Crippen LogP contribution in [0.3, 0.4) is 0 Å². The normalized spacial score (nSPS) is 12.4. The molecule has 0 fully saturated rings. The fourth-order valence-corrected chi connectivity index (χ4v) is 2.27. The smallest absolute Gasteiger partial charge is 0.162 e. The Morgan fingerprint density at radius 3 is 2.86 bits per heavy atom. The molecule has 1 N–H and O–H groups in total. The SMILES string of the molecule is CNC(C)c1ccc(Br)cc1OCc1cc(COC)on1. The lowest BCUT2D eigenvalue weighted by Crippen LogP contribution is -2.13. The Balaban J connectivity index is 2.09. The van der Waals surface area contributed by atoms with Crippen LogP contribution in [0.4, 0.5) is 0 Å². The van der Waals surface area contributed by atoms with Crippen molar-refractivity contribution in [2.45, 2.75) is 26.2 Å². The van der Waals surface area contributed by atoms with E-state index < -0.39 is 0 Å². The van der Waals surface area contributed by atoms with Gasteiger partial charge in [-0.3, -0.25) is 0 Å². The molecule has 0 aliphatic rings. The molecule has 0 spiro atoms. The van der Waals surface area contributed by atoms with E-state index in [9.17, 15) is 0 Å². The molecular formula is C15H19BrN2O3. The van der Waals surface area contributed by atoms with Gasteiger partial charge in [-0.05, 0) is 26.1 Å². The number of ether oxygens (including phenoxy) is 2. The van der Waals surface area contributed by atoms with Crippen LogP contribution in [0.15, 0.2) is 33.3 Å². The molecule has 1 aromatic heterocycles. The average molecular weight is 355 g/mol. The van der Waals surface area contributed by atoms with Gasteiger partial charge < -0.3 is 19.3 Å². The lowest BCUT2D eigenvalue weighted by Gasteiger charge is -2.16. The maximum Gasteiger partial charge on any atom is 0.162 e. The van der Waals surface area contributed by atoms with Gasteiger partial charge in [-0.15, -0.1) is 0 Å². The fourth-order valence-electron chi connectivity index (χ4n) is 1.93. The minimum Gasteiger partial charge on any atom is -0.487 e. The molecule has 1 heterocycles. The third-order valence-corrected chi connectivity index (χ3v) is 3.64. The summed E-state index contributed by atoms with van der Waals surface area (Å²) < 4.78 is 17.0. The molecule has 0 amide bonds. The van der Waals surface area contributed by atoms with E-state index in [1.165, 1.54) is 0 Å². The first-order valence-electron chi connectivity index (χ1n) is 6.67. The summed E-state index contributed by atoms with van der Waals surface area (Å²) in [6.45, 7) is 2.85. The molecule has 1 aromatic carbocycles. The van der Waals surface area contributed by atoms with Crippen LogP contribution in [-0.4, -0.2) is 19.3 Å². The zero-order valence-electron chi connectivity index (χ0n) is 12.4. The van der Waals surface area contributed by atoms with Crippen molar-refractivity contribution >= 4 is 15.9 Å². The van der Waals surface area contributed by atoms with Crippen molar-refractivity contribution in [1.29, 1.82) is 0 Å². The van der Waals surface area contributed by atoms with E-state index in [0.29, 0.717) is 19.0 Å². The standard InChI is InChI=1S/C15H19BrN2O3/c1-10(17-2)14-5-4-11(16)6-15(14)20-8-12-7-13(9-19-3)21-18-12/h4-7,10,17H,8-9H2,1-3H3. The quantitative estimate of drug-likeness (QED) is 0.825. The Morgan fingerprint density at radius 2 is 2.14 bits per heavy atom. The van der Waals surface area contributed by atoms with Crippen LogP contribution in [0.5, 0.6) is 5.75 Å². The van der Waals surface area contributed by atoms with Crippen molar-refractivity contribution < 1.29 is 14.0 Å². The molecule has 114 valence electrons. The first-order chi connectivity index (χ1) is 10.1. The van der Waals surface area contributed by atoms with Crippen molar-refractivity contribution in [3.63, 3.8) is 0 Å². The van der Waals surface area contributed by atoms with E-state index in [1.54, 1.807) is 7.11 Å². The summed E-state index contributed by atoms with van der Waals surface area (Å²) in [5.41, 5.74) is 1.84. The van der Waals surface area contributed by atoms with E-state index >= 15 is 0 Å². The summed E-state index contributed by atoms with van der Waals surface area (Å²) >= 11 is 3.47. The van der Waals surface area contributed by atoms with Crippen LogP contribution >= 0.6 is 15.9 Å². The second kappa shape index (κ2) is 7.59. The van der Waals surface area contributed by atoms with E-state index in [4.69, 9.17) is 14.0 Å². The number of nitrogens with zero attached hydrogens (tertiary/aromatic N) is 1. The van der Waals surface area contributed by atoms with Crippen molar-refractivity contribution in [2.75, 3.05) is 14.2 Å². The van der Waals surface area contributed by atoms with Crippen LogP contribution in [0.1, 0.15) is 30.0 Å². The van der Waals surface area contributed by atoms with Gasteiger partial charge in [0.25, 0.3) is 0 Å². The second-order valence-electron chi connectivity index (χ2n) is 4.70. The predicted octanol–water partition coefficient (Wildman–Crippen LogP) is 3.44. The van der Waals surface area contributed by atoms with Gasteiger partial charge in [0.2, 0.25) is 0 Å². The van der Waals surface area contributed by atoms with Crippen LogP contribution in [0.2, 0.25) is 0 Å². The first kappa shape index (κ1) is 16.0. The molecule has 0 saturated heterocycles. The maximum atomic E-state index is 5.89. The Morgan fingerprint density at radius 1 is 1.33 bits per heavy atom. The van der Waals surface area contributed by atoms with Gasteiger partial charge in [0.1, 0.15) is 24.7 Å². The average Bonchev–Trinajstić information content (AvgIpc) is 2.92. The van der Waals surface area contributed by atoms with Gasteiger partial charge >= 0.3 is 0 Å². The highest BCUT2D eigenvalue weighted by atomic mass is 79.9. The minimum absolute atomic E-state index is 0.203. The van der Waals surface area contributed by atoms with Gasteiger partial charge in [0, 0.05) is 29.3 Å². The topological polar surface area (TPSA) is 56.5 Å². The molecule has 6 heteroatoms. The maximum absolute atomic E-state index is 5.89. The molecule has 1 unspecified atom stereocenters. The molecule has 0 aliphatic carbocycles. The van der Waals surface area contributed by atoms with E-state index in [0.717, 1.165) is 21.5 Å². The van der Waals surface area contributed by atoms with Gasteiger partial charge in [-0.1, -0.05) is 27.2 Å². The molecule has 2 rings (SSSR count). The molecule has 1 atom stereocenters. The number of nitrogens with one attached hydrogen (secondary N) is 1. The third kappa shape index (κ3) is 4.30. The van der Waals surface area contributed by atoms with Gasteiger partial charge in [-0.2, -0.15) is 0 Å². The molecular weight excluding hydrogens is 336 g/mol. The molecule has 0 radical (unpaired) electrons. The second-order valence-corrected chi connectivity index (χ2v) is 5.61. The van der Waals surface area contributed by atoms with Crippen molar-refractivity contribution in [1.82, 2.24) is 10.5 Å². The molecule has 0 aliphatic heterocycles. The third-order valence-electron chi connectivity index (χ3n) is 3.15. The Bertz CT molecular complexity index is 586. The molecule has 0 saturated carbocycles. The van der Waals surface area contributed by atoms with E-state index in [-0.39, 0.29) is 6.04 Å². The van der Waals surface area contributed by atoms with Crippen LogP contribution in [0, 0.1) is 0 Å². The fraction of sp³-hybridized carbons (Fsp3) is 0.400. The molecule has 2 aromatic rings. The predicted molar refractivity (Wildman–Crippen MR) is 83.2 cm³/mol. The summed E-state index contributed by atoms with van der Waals surface area (Å²) in [7, 11) is 3.54. The molecule has 21 heavy (non-hydrogen) atoms. The monoisotopic (exact) mass is 354 g/mol. The van der Waals surface area contributed by atoms with E-state index in [1.807, 2.05) is 31.3 Å². The highest BCUT2D eigenvalue weighted by molar-refractivity contribution is 9.10. The number of methoxy groups -OCH3 is 1. The summed E-state index contributed by atoms with van der Waals surface area (Å²) in [6, 6.07) is 8.04. The van der Waals surface area contributed by atoms with Crippen LogP contribution < -0.4 is 10.1 Å². The lowest BCUT2D eigenvalue weighted by atomic mass is 10.1. The van der Waals surface area contributed by atoms with Gasteiger partial charge in [-0.25, -0.2) is 0 Å². The van der Waals surface area contributed by atoms with Crippen molar-refractivity contribution in [2.24, 2.45) is 0 Å². The largest absolute Gasteiger partial charge is 0.487 e. The number of hydrogen-bond donors (Lipinski definition) is 1. The Kier molecular flexibility index (Phi) is 5.78. The zero-order valence-corrected chi connectivity index (χ0v) is 13.9. The summed E-state index contributed by atoms with van der Waals surface area (Å²) in [5, 5.41) is 7.17. The number of halogens is 1. The van der Waals surface area contributed by atoms with E-state index in [2.05, 4.69) is 33.3 Å². The Labute approximate surface area is 132 Å². The van der Waals surface area contributed by atoms with Crippen molar-refractivity contribution in [3.05, 3.63) is 45.8 Å². The number of aromatic nitrogens is 1. The lowest BCUT2D eigenvalue weighted by molar-refractivity contribution is 0.155. The zero-order chi connectivity index (χ0) is 15.2. The number of benzene rings is 1. The summed E-state index contributed by atoms with van der Waals surface area (Å²) in [5.74, 6) is 1.51. The van der Waals surface area contributed by atoms with Crippen LogP contribution in [-0.2, 0) is 18.0 Å². The molecule has 0 bridgehead atoms. The molecule has 5 nitrogen and oxygen atoms in total. The van der Waals surface area contributed by atoms with Gasteiger partial charge in [0.05, 0.1) is 0 Å². The first-order valence-corrected chi connectivity index (χ1v) is 7.46.